The van der Waals surface area contributed by atoms with Gasteiger partial charge in [-0.05, 0) is 48.6 Å². The first-order chi connectivity index (χ1) is 15.2. The van der Waals surface area contributed by atoms with Crippen LogP contribution in [0.15, 0.2) is 47.4 Å². The minimum absolute atomic E-state index is 0.0523. The molecular formula is C22H25F3N4O2S. The number of likely N-dealkylation sites (tertiary alicyclic amines) is 1. The van der Waals surface area contributed by atoms with Crippen molar-refractivity contribution in [3.05, 3.63) is 59.2 Å². The first-order valence-corrected chi connectivity index (χ1v) is 11.3. The van der Waals surface area contributed by atoms with Crippen LogP contribution in [0.2, 0.25) is 0 Å². The van der Waals surface area contributed by atoms with Crippen LogP contribution in [0.1, 0.15) is 27.9 Å². The molecule has 0 radical (unpaired) electrons. The fourth-order valence-electron chi connectivity index (χ4n) is 3.55. The highest BCUT2D eigenvalue weighted by Crippen LogP contribution is 2.31. The minimum atomic E-state index is -4.59. The molecule has 10 heteroatoms. The van der Waals surface area contributed by atoms with Crippen molar-refractivity contribution in [2.75, 3.05) is 31.6 Å². The van der Waals surface area contributed by atoms with E-state index in [0.29, 0.717) is 12.6 Å². The summed E-state index contributed by atoms with van der Waals surface area (Å²) in [6, 6.07) is 10.8. The van der Waals surface area contributed by atoms with Crippen molar-refractivity contribution in [2.24, 2.45) is 0 Å². The molecule has 6 nitrogen and oxygen atoms in total. The Bertz CT molecular complexity index is 967. The minimum Gasteiger partial charge on any atom is -0.398 e. The van der Waals surface area contributed by atoms with Gasteiger partial charge < -0.3 is 16.4 Å². The number of hydrogen-bond donors (Lipinski definition) is 3. The summed E-state index contributed by atoms with van der Waals surface area (Å²) < 4.78 is 38.6. The monoisotopic (exact) mass is 466 g/mol. The molecule has 0 aliphatic carbocycles. The van der Waals surface area contributed by atoms with Crippen LogP contribution in [0.3, 0.4) is 0 Å². The largest absolute Gasteiger partial charge is 0.416 e. The Labute approximate surface area is 188 Å². The van der Waals surface area contributed by atoms with Crippen molar-refractivity contribution >= 4 is 29.3 Å². The van der Waals surface area contributed by atoms with Gasteiger partial charge in [-0.15, -0.1) is 11.8 Å². The number of carbonyl (C=O) groups excluding carboxylic acids is 2. The summed E-state index contributed by atoms with van der Waals surface area (Å²) in [5.74, 6) is -1.23. The lowest BCUT2D eigenvalue weighted by Crippen LogP contribution is -2.43. The Morgan fingerprint density at radius 1 is 1.19 bits per heavy atom. The highest BCUT2D eigenvalue weighted by atomic mass is 32.2. The lowest BCUT2D eigenvalue weighted by Gasteiger charge is -2.17. The van der Waals surface area contributed by atoms with Gasteiger partial charge in [-0.1, -0.05) is 12.1 Å². The molecule has 0 spiro atoms. The summed E-state index contributed by atoms with van der Waals surface area (Å²) >= 11 is 1.69. The average Bonchev–Trinajstić information content (AvgIpc) is 3.18. The molecule has 32 heavy (non-hydrogen) atoms. The second-order valence-corrected chi connectivity index (χ2v) is 8.50. The number of nitrogen functional groups attached to an aromatic ring is 1. The van der Waals surface area contributed by atoms with Gasteiger partial charge in [-0.25, -0.2) is 0 Å². The number of benzene rings is 2. The molecule has 0 saturated carbocycles. The number of carbonyl (C=O) groups is 2. The Kier molecular flexibility index (Phi) is 7.68. The third kappa shape index (κ3) is 6.39. The van der Waals surface area contributed by atoms with Gasteiger partial charge >= 0.3 is 6.18 Å². The van der Waals surface area contributed by atoms with Crippen molar-refractivity contribution in [3.63, 3.8) is 0 Å². The maximum atomic E-state index is 12.9. The molecule has 2 aromatic carbocycles. The Balaban J connectivity index is 1.46. The van der Waals surface area contributed by atoms with E-state index >= 15 is 0 Å². The maximum absolute atomic E-state index is 12.9. The fraction of sp³-hybridized carbons (Fsp3) is 0.364. The first-order valence-electron chi connectivity index (χ1n) is 10.1. The molecule has 1 saturated heterocycles. The van der Waals surface area contributed by atoms with Crippen LogP contribution in [0.5, 0.6) is 0 Å². The lowest BCUT2D eigenvalue weighted by atomic mass is 10.1. The van der Waals surface area contributed by atoms with Crippen LogP contribution in [0, 0.1) is 0 Å². The summed E-state index contributed by atoms with van der Waals surface area (Å²) in [6.07, 6.45) is -1.78. The van der Waals surface area contributed by atoms with Crippen molar-refractivity contribution in [3.8, 4) is 0 Å². The Hall–Kier alpha value is -2.72. The van der Waals surface area contributed by atoms with Crippen LogP contribution >= 0.6 is 11.8 Å². The van der Waals surface area contributed by atoms with Gasteiger partial charge in [-0.2, -0.15) is 13.2 Å². The van der Waals surface area contributed by atoms with Crippen LogP contribution in [0.25, 0.3) is 0 Å². The van der Waals surface area contributed by atoms with Crippen molar-refractivity contribution in [2.45, 2.75) is 30.1 Å². The topological polar surface area (TPSA) is 87.5 Å². The molecule has 1 aliphatic heterocycles. The van der Waals surface area contributed by atoms with Gasteiger partial charge in [-0.3, -0.25) is 14.5 Å². The van der Waals surface area contributed by atoms with Crippen molar-refractivity contribution < 1.29 is 22.8 Å². The van der Waals surface area contributed by atoms with Gasteiger partial charge in [0.25, 0.3) is 5.91 Å². The maximum Gasteiger partial charge on any atom is 0.416 e. The SMILES string of the molecule is CSc1ccc(CN2CCC(NC(=O)CNC(=O)c3cc(C(F)(F)F)ccc3N)C2)cc1. The lowest BCUT2D eigenvalue weighted by molar-refractivity contribution is -0.137. The van der Waals surface area contributed by atoms with E-state index in [0.717, 1.165) is 31.6 Å². The van der Waals surface area contributed by atoms with E-state index < -0.39 is 23.6 Å². The highest BCUT2D eigenvalue weighted by molar-refractivity contribution is 7.98. The molecular weight excluding hydrogens is 441 g/mol. The zero-order valence-electron chi connectivity index (χ0n) is 17.5. The third-order valence-corrected chi connectivity index (χ3v) is 5.98. The van der Waals surface area contributed by atoms with Gasteiger partial charge in [0.1, 0.15) is 0 Å². The summed E-state index contributed by atoms with van der Waals surface area (Å²) in [6.45, 7) is 1.96. The number of rotatable bonds is 7. The molecule has 2 aromatic rings. The quantitative estimate of drug-likeness (QED) is 0.431. The molecule has 1 heterocycles. The Morgan fingerprint density at radius 2 is 1.91 bits per heavy atom. The molecule has 0 bridgehead atoms. The van der Waals surface area contributed by atoms with Crippen LogP contribution in [-0.2, 0) is 17.5 Å². The number of nitrogens with zero attached hydrogens (tertiary/aromatic N) is 1. The molecule has 1 fully saturated rings. The van der Waals surface area contributed by atoms with Crippen molar-refractivity contribution in [1.29, 1.82) is 0 Å². The summed E-state index contributed by atoms with van der Waals surface area (Å²) in [7, 11) is 0. The normalized spacial score (nSPS) is 16.7. The molecule has 0 aromatic heterocycles. The summed E-state index contributed by atoms with van der Waals surface area (Å²) in [5.41, 5.74) is 5.45. The highest BCUT2D eigenvalue weighted by Gasteiger charge is 2.31. The molecule has 3 rings (SSSR count). The van der Waals surface area contributed by atoms with E-state index in [4.69, 9.17) is 5.73 Å². The first kappa shape index (κ1) is 23.9. The number of hydrogen-bond acceptors (Lipinski definition) is 5. The number of amides is 2. The number of halogens is 3. The molecule has 4 N–H and O–H groups in total. The second-order valence-electron chi connectivity index (χ2n) is 7.62. The van der Waals surface area contributed by atoms with E-state index in [1.54, 1.807) is 11.8 Å². The van der Waals surface area contributed by atoms with E-state index in [1.807, 2.05) is 6.26 Å². The summed E-state index contributed by atoms with van der Waals surface area (Å²) in [4.78, 5) is 27.9. The van der Waals surface area contributed by atoms with Gasteiger partial charge in [0, 0.05) is 36.3 Å². The van der Waals surface area contributed by atoms with Gasteiger partial charge in [0.2, 0.25) is 5.91 Å². The molecule has 2 amide bonds. The predicted octanol–water partition coefficient (Wildman–Crippen LogP) is 3.13. The van der Waals surface area contributed by atoms with E-state index in [-0.39, 0.29) is 23.8 Å². The smallest absolute Gasteiger partial charge is 0.398 e. The summed E-state index contributed by atoms with van der Waals surface area (Å²) in [5, 5.41) is 5.20. The Morgan fingerprint density at radius 3 is 2.56 bits per heavy atom. The molecule has 1 aliphatic rings. The zero-order chi connectivity index (χ0) is 23.3. The standard InChI is InChI=1S/C22H25F3N4O2S/c1-32-17-5-2-14(3-6-17)12-29-9-8-16(13-29)28-20(30)11-27-21(31)18-10-15(22(23,24)25)4-7-19(18)26/h2-7,10,16H,8-9,11-13,26H2,1H3,(H,27,31)(H,28,30). The third-order valence-electron chi connectivity index (χ3n) is 5.24. The van der Waals surface area contributed by atoms with E-state index in [2.05, 4.69) is 39.8 Å². The van der Waals surface area contributed by atoms with E-state index in [1.165, 1.54) is 10.5 Å². The number of anilines is 1. The molecule has 172 valence electrons. The number of alkyl halides is 3. The van der Waals surface area contributed by atoms with Crippen LogP contribution in [-0.4, -0.2) is 48.6 Å². The second kappa shape index (κ2) is 10.3. The predicted molar refractivity (Wildman–Crippen MR) is 118 cm³/mol. The number of nitrogens with one attached hydrogen (secondary N) is 2. The fourth-order valence-corrected chi connectivity index (χ4v) is 3.96. The van der Waals surface area contributed by atoms with Crippen LogP contribution < -0.4 is 16.4 Å². The van der Waals surface area contributed by atoms with Gasteiger partial charge in [0.15, 0.2) is 0 Å². The van der Waals surface area contributed by atoms with E-state index in [9.17, 15) is 22.8 Å². The number of nitrogens with two attached hydrogens (primary N) is 1. The number of thioether (sulfide) groups is 1. The zero-order valence-corrected chi connectivity index (χ0v) is 18.4. The average molecular weight is 467 g/mol. The van der Waals surface area contributed by atoms with Crippen molar-refractivity contribution in [1.82, 2.24) is 15.5 Å². The van der Waals surface area contributed by atoms with Gasteiger partial charge in [0.05, 0.1) is 17.7 Å². The molecule has 1 unspecified atom stereocenters. The molecule has 1 atom stereocenters. The van der Waals surface area contributed by atoms with Crippen LogP contribution in [0.4, 0.5) is 18.9 Å².